The van der Waals surface area contributed by atoms with Crippen molar-refractivity contribution in [1.29, 1.82) is 0 Å². The maximum Gasteiger partial charge on any atom is 0.209 e. The first-order valence-electron chi connectivity index (χ1n) is 6.70. The van der Waals surface area contributed by atoms with Crippen LogP contribution in [0.4, 0.5) is 0 Å². The van der Waals surface area contributed by atoms with Crippen LogP contribution in [-0.4, -0.2) is 25.2 Å². The SMILES string of the molecule is CCc1nc(CSc2nnnn2C2CCCC2)cs1. The normalized spacial score (nSPS) is 16.3. The van der Waals surface area contributed by atoms with Gasteiger partial charge in [-0.05, 0) is 29.7 Å². The monoisotopic (exact) mass is 295 g/mol. The largest absolute Gasteiger partial charge is 0.245 e. The summed E-state index contributed by atoms with van der Waals surface area (Å²) in [5.41, 5.74) is 1.13. The quantitative estimate of drug-likeness (QED) is 0.793. The zero-order chi connectivity index (χ0) is 13.1. The van der Waals surface area contributed by atoms with Crippen molar-refractivity contribution in [2.45, 2.75) is 56.0 Å². The summed E-state index contributed by atoms with van der Waals surface area (Å²) in [6.07, 6.45) is 6.00. The lowest BCUT2D eigenvalue weighted by molar-refractivity contribution is 0.423. The average molecular weight is 295 g/mol. The molecule has 102 valence electrons. The third-order valence-corrected chi connectivity index (χ3v) is 5.39. The molecule has 0 radical (unpaired) electrons. The predicted octanol–water partition coefficient (Wildman–Crippen LogP) is 3.10. The van der Waals surface area contributed by atoms with Crippen LogP contribution < -0.4 is 0 Å². The highest BCUT2D eigenvalue weighted by Crippen LogP contribution is 2.32. The Bertz CT molecular complexity index is 530. The molecule has 0 saturated heterocycles. The van der Waals surface area contributed by atoms with Crippen LogP contribution in [0.25, 0.3) is 0 Å². The molecule has 2 aromatic heterocycles. The molecule has 1 aliphatic carbocycles. The van der Waals surface area contributed by atoms with Gasteiger partial charge in [0.25, 0.3) is 0 Å². The fourth-order valence-corrected chi connectivity index (χ4v) is 4.06. The maximum absolute atomic E-state index is 4.58. The van der Waals surface area contributed by atoms with Crippen LogP contribution in [0.5, 0.6) is 0 Å². The smallest absolute Gasteiger partial charge is 0.209 e. The highest BCUT2D eigenvalue weighted by molar-refractivity contribution is 7.98. The van der Waals surface area contributed by atoms with Gasteiger partial charge in [0.15, 0.2) is 0 Å². The molecule has 19 heavy (non-hydrogen) atoms. The van der Waals surface area contributed by atoms with Crippen LogP contribution in [0.1, 0.15) is 49.4 Å². The highest BCUT2D eigenvalue weighted by Gasteiger charge is 2.21. The standard InChI is InChI=1S/C12H17N5S2/c1-2-11-13-9(7-18-11)8-19-12-14-15-16-17(12)10-5-3-4-6-10/h7,10H,2-6,8H2,1H3. The molecule has 2 aromatic rings. The molecule has 7 heteroatoms. The van der Waals surface area contributed by atoms with Gasteiger partial charge in [-0.15, -0.1) is 16.4 Å². The van der Waals surface area contributed by atoms with Gasteiger partial charge >= 0.3 is 0 Å². The van der Waals surface area contributed by atoms with Crippen molar-refractivity contribution < 1.29 is 0 Å². The summed E-state index contributed by atoms with van der Waals surface area (Å²) in [5.74, 6) is 0.851. The lowest BCUT2D eigenvalue weighted by Crippen LogP contribution is -2.08. The summed E-state index contributed by atoms with van der Waals surface area (Å²) in [6.45, 7) is 2.14. The van der Waals surface area contributed by atoms with Crippen molar-refractivity contribution in [3.8, 4) is 0 Å². The molecule has 0 spiro atoms. The van der Waals surface area contributed by atoms with Crippen LogP contribution in [0.15, 0.2) is 10.5 Å². The summed E-state index contributed by atoms with van der Waals surface area (Å²) in [5, 5.41) is 16.4. The zero-order valence-electron chi connectivity index (χ0n) is 10.9. The highest BCUT2D eigenvalue weighted by atomic mass is 32.2. The fourth-order valence-electron chi connectivity index (χ4n) is 2.37. The first kappa shape index (κ1) is 13.1. The number of aryl methyl sites for hydroxylation is 1. The van der Waals surface area contributed by atoms with Crippen molar-refractivity contribution >= 4 is 23.1 Å². The van der Waals surface area contributed by atoms with Crippen LogP contribution in [0, 0.1) is 0 Å². The van der Waals surface area contributed by atoms with E-state index < -0.39 is 0 Å². The predicted molar refractivity (Wildman–Crippen MR) is 76.4 cm³/mol. The van der Waals surface area contributed by atoms with Crippen LogP contribution in [0.2, 0.25) is 0 Å². The molecule has 0 aliphatic heterocycles. The van der Waals surface area contributed by atoms with Crippen LogP contribution >= 0.6 is 23.1 Å². The summed E-state index contributed by atoms with van der Waals surface area (Å²) in [6, 6.07) is 0.499. The Labute approximate surface area is 120 Å². The molecule has 1 fully saturated rings. The summed E-state index contributed by atoms with van der Waals surface area (Å²) >= 11 is 3.42. The lowest BCUT2D eigenvalue weighted by atomic mass is 10.3. The Kier molecular flexibility index (Phi) is 4.12. The Morgan fingerprint density at radius 2 is 2.26 bits per heavy atom. The van der Waals surface area contributed by atoms with Crippen molar-refractivity contribution in [2.24, 2.45) is 0 Å². The second-order valence-electron chi connectivity index (χ2n) is 4.72. The number of rotatable bonds is 5. The molecule has 0 aromatic carbocycles. The van der Waals surface area contributed by atoms with Crippen LogP contribution in [0.3, 0.4) is 0 Å². The van der Waals surface area contributed by atoms with E-state index in [4.69, 9.17) is 0 Å². The second-order valence-corrected chi connectivity index (χ2v) is 6.60. The first-order valence-corrected chi connectivity index (χ1v) is 8.57. The van der Waals surface area contributed by atoms with E-state index in [2.05, 4.69) is 32.8 Å². The molecular weight excluding hydrogens is 278 g/mol. The third-order valence-electron chi connectivity index (χ3n) is 3.38. The van der Waals surface area contributed by atoms with Gasteiger partial charge in [0.05, 0.1) is 16.7 Å². The molecule has 3 rings (SSSR count). The zero-order valence-corrected chi connectivity index (χ0v) is 12.6. The molecule has 5 nitrogen and oxygen atoms in total. The Hall–Kier alpha value is -0.950. The Morgan fingerprint density at radius 3 is 3.00 bits per heavy atom. The number of tetrazole rings is 1. The summed E-state index contributed by atoms with van der Waals surface area (Å²) in [7, 11) is 0. The number of nitrogens with zero attached hydrogens (tertiary/aromatic N) is 5. The topological polar surface area (TPSA) is 56.5 Å². The maximum atomic E-state index is 4.58. The summed E-state index contributed by atoms with van der Waals surface area (Å²) in [4.78, 5) is 4.58. The van der Waals surface area contributed by atoms with Gasteiger partial charge in [-0.2, -0.15) is 0 Å². The lowest BCUT2D eigenvalue weighted by Gasteiger charge is -2.10. The van der Waals surface area contributed by atoms with Crippen LogP contribution in [-0.2, 0) is 12.2 Å². The van der Waals surface area contributed by atoms with Gasteiger partial charge in [0.1, 0.15) is 0 Å². The third kappa shape index (κ3) is 2.97. The molecule has 0 amide bonds. The molecule has 0 bridgehead atoms. The minimum Gasteiger partial charge on any atom is -0.245 e. The molecular formula is C12H17N5S2. The number of hydrogen-bond donors (Lipinski definition) is 0. The number of hydrogen-bond acceptors (Lipinski definition) is 6. The molecule has 1 saturated carbocycles. The number of aromatic nitrogens is 5. The Balaban J connectivity index is 1.65. The van der Waals surface area contributed by atoms with E-state index in [1.807, 2.05) is 4.68 Å². The number of thioether (sulfide) groups is 1. The molecule has 0 N–H and O–H groups in total. The van der Waals surface area contributed by atoms with E-state index in [-0.39, 0.29) is 0 Å². The van der Waals surface area contributed by atoms with E-state index >= 15 is 0 Å². The number of thiazole rings is 1. The van der Waals surface area contributed by atoms with Gasteiger partial charge in [-0.3, -0.25) is 0 Å². The minimum atomic E-state index is 0.499. The van der Waals surface area contributed by atoms with E-state index in [1.165, 1.54) is 30.7 Å². The second kappa shape index (κ2) is 6.00. The van der Waals surface area contributed by atoms with Gasteiger partial charge in [-0.25, -0.2) is 9.67 Å². The van der Waals surface area contributed by atoms with E-state index in [9.17, 15) is 0 Å². The minimum absolute atomic E-state index is 0.499. The first-order chi connectivity index (χ1) is 9.36. The fraction of sp³-hybridized carbons (Fsp3) is 0.667. The van der Waals surface area contributed by atoms with E-state index in [1.54, 1.807) is 23.1 Å². The van der Waals surface area contributed by atoms with Crippen molar-refractivity contribution in [2.75, 3.05) is 0 Å². The van der Waals surface area contributed by atoms with Gasteiger partial charge < -0.3 is 0 Å². The summed E-state index contributed by atoms with van der Waals surface area (Å²) < 4.78 is 2.00. The van der Waals surface area contributed by atoms with E-state index in [0.29, 0.717) is 6.04 Å². The van der Waals surface area contributed by atoms with E-state index in [0.717, 1.165) is 23.0 Å². The van der Waals surface area contributed by atoms with Crippen molar-refractivity contribution in [3.05, 3.63) is 16.1 Å². The van der Waals surface area contributed by atoms with Gasteiger partial charge in [0, 0.05) is 11.1 Å². The average Bonchev–Trinajstić information content (AvgIpc) is 3.16. The molecule has 2 heterocycles. The van der Waals surface area contributed by atoms with Gasteiger partial charge in [-0.1, -0.05) is 31.5 Å². The molecule has 1 aliphatic rings. The Morgan fingerprint density at radius 1 is 1.42 bits per heavy atom. The van der Waals surface area contributed by atoms with Gasteiger partial charge in [0.2, 0.25) is 5.16 Å². The van der Waals surface area contributed by atoms with Crippen molar-refractivity contribution in [1.82, 2.24) is 25.2 Å². The van der Waals surface area contributed by atoms with Crippen molar-refractivity contribution in [3.63, 3.8) is 0 Å². The molecule has 0 atom stereocenters. The molecule has 0 unspecified atom stereocenters.